The van der Waals surface area contributed by atoms with Gasteiger partial charge in [-0.2, -0.15) is 0 Å². The average molecular weight is 433 g/mol. The zero-order valence-corrected chi connectivity index (χ0v) is 17.2. The Morgan fingerprint density at radius 2 is 2.17 bits per heavy atom. The van der Waals surface area contributed by atoms with E-state index < -0.39 is 11.9 Å². The number of halogens is 2. The Labute approximate surface area is 177 Å². The van der Waals surface area contributed by atoms with Crippen LogP contribution in [0.25, 0.3) is 22.3 Å². The molecule has 30 heavy (non-hydrogen) atoms. The fraction of sp³-hybridized carbons (Fsp3) is 0.450. The predicted octanol–water partition coefficient (Wildman–Crippen LogP) is 2.69. The molecular formula is C20H22ClFN6O2. The number of nitrogens with one attached hydrogen (secondary N) is 1. The first kappa shape index (κ1) is 19.5. The van der Waals surface area contributed by atoms with Crippen LogP contribution in [0.2, 0.25) is 5.02 Å². The van der Waals surface area contributed by atoms with Crippen LogP contribution in [0, 0.1) is 5.82 Å². The molecule has 0 saturated carbocycles. The van der Waals surface area contributed by atoms with Gasteiger partial charge >= 0.3 is 0 Å². The number of aryl methyl sites for hydroxylation is 1. The molecule has 8 nitrogen and oxygen atoms in total. The summed E-state index contributed by atoms with van der Waals surface area (Å²) in [5.41, 5.74) is 2.02. The monoisotopic (exact) mass is 432 g/mol. The highest BCUT2D eigenvalue weighted by Gasteiger charge is 2.25. The first-order chi connectivity index (χ1) is 14.5. The molecule has 0 unspecified atom stereocenters. The highest BCUT2D eigenvalue weighted by atomic mass is 35.5. The Morgan fingerprint density at radius 1 is 1.30 bits per heavy atom. The fourth-order valence-electron chi connectivity index (χ4n) is 4.05. The number of hydrogen-bond donors (Lipinski definition) is 2. The summed E-state index contributed by atoms with van der Waals surface area (Å²) in [6.45, 7) is 2.55. The first-order valence-electron chi connectivity index (χ1n) is 9.97. The molecule has 5 rings (SSSR count). The Hall–Kier alpha value is -2.49. The summed E-state index contributed by atoms with van der Waals surface area (Å²) in [7, 11) is 1.96. The summed E-state index contributed by atoms with van der Waals surface area (Å²) < 4.78 is 22.4. The van der Waals surface area contributed by atoms with Crippen molar-refractivity contribution >= 4 is 34.5 Å². The van der Waals surface area contributed by atoms with E-state index in [1.54, 1.807) is 0 Å². The molecule has 10 heteroatoms. The van der Waals surface area contributed by atoms with Crippen molar-refractivity contribution in [1.82, 2.24) is 19.5 Å². The van der Waals surface area contributed by atoms with Crippen LogP contribution in [0.5, 0.6) is 0 Å². The molecule has 2 atom stereocenters. The average Bonchev–Trinajstić information content (AvgIpc) is 3.12. The molecule has 3 aromatic rings. The third-order valence-electron chi connectivity index (χ3n) is 5.66. The lowest BCUT2D eigenvalue weighted by Gasteiger charge is -2.28. The van der Waals surface area contributed by atoms with Crippen LogP contribution < -0.4 is 10.2 Å². The lowest BCUT2D eigenvalue weighted by Crippen LogP contribution is -2.42. The van der Waals surface area contributed by atoms with Gasteiger partial charge in [-0.25, -0.2) is 19.3 Å². The topological polar surface area (TPSA) is 88.3 Å². The van der Waals surface area contributed by atoms with E-state index in [4.69, 9.17) is 16.3 Å². The van der Waals surface area contributed by atoms with Crippen molar-refractivity contribution in [2.45, 2.75) is 31.5 Å². The maximum Gasteiger partial charge on any atom is 0.223 e. The number of anilines is 2. The molecule has 2 aliphatic rings. The summed E-state index contributed by atoms with van der Waals surface area (Å²) in [5.74, 6) is 0.646. The van der Waals surface area contributed by atoms with E-state index in [9.17, 15) is 9.50 Å². The van der Waals surface area contributed by atoms with E-state index >= 15 is 0 Å². The smallest absolute Gasteiger partial charge is 0.223 e. The molecule has 158 valence electrons. The molecule has 1 aromatic carbocycles. The van der Waals surface area contributed by atoms with E-state index in [-0.39, 0.29) is 6.04 Å². The third-order valence-corrected chi connectivity index (χ3v) is 5.93. The standard InChI is InChI=1S/C20H22ClFN6O2/c1-27-4-2-5-28-15-8-11(7-13(22)18(15)26-20(27)28)17-12(21)9-23-19(25-17)24-14-10-30-6-3-16(14)29/h7-9,14,16,29H,2-6,10H2,1H3,(H,23,24,25)/t14-,16-/m0/s1. The van der Waals surface area contributed by atoms with Gasteiger partial charge in [-0.05, 0) is 25.0 Å². The van der Waals surface area contributed by atoms with Gasteiger partial charge in [0.1, 0.15) is 5.52 Å². The number of aliphatic hydroxyl groups is 1. The molecule has 0 bridgehead atoms. The zero-order chi connectivity index (χ0) is 20.8. The number of rotatable bonds is 3. The summed E-state index contributed by atoms with van der Waals surface area (Å²) in [6, 6.07) is 2.95. The van der Waals surface area contributed by atoms with Crippen LogP contribution >= 0.6 is 11.6 Å². The molecule has 0 spiro atoms. The van der Waals surface area contributed by atoms with Crippen molar-refractivity contribution in [2.24, 2.45) is 0 Å². The highest BCUT2D eigenvalue weighted by molar-refractivity contribution is 6.33. The molecule has 0 amide bonds. The lowest BCUT2D eigenvalue weighted by molar-refractivity contribution is 0.00293. The third kappa shape index (κ3) is 3.36. The molecule has 1 fully saturated rings. The van der Waals surface area contributed by atoms with Gasteiger partial charge in [0.15, 0.2) is 5.82 Å². The Morgan fingerprint density at radius 3 is 3.00 bits per heavy atom. The van der Waals surface area contributed by atoms with Gasteiger partial charge in [-0.3, -0.25) is 0 Å². The predicted molar refractivity (Wildman–Crippen MR) is 112 cm³/mol. The van der Waals surface area contributed by atoms with Crippen LogP contribution in [0.4, 0.5) is 16.3 Å². The number of nitrogens with zero attached hydrogens (tertiary/aromatic N) is 5. The summed E-state index contributed by atoms with van der Waals surface area (Å²) in [5, 5.41) is 13.6. The molecular weight excluding hydrogens is 411 g/mol. The van der Waals surface area contributed by atoms with Gasteiger partial charge in [-0.15, -0.1) is 0 Å². The quantitative estimate of drug-likeness (QED) is 0.657. The number of ether oxygens (including phenoxy) is 1. The van der Waals surface area contributed by atoms with Gasteiger partial charge in [0.25, 0.3) is 0 Å². The second kappa shape index (κ2) is 7.64. The second-order valence-corrected chi connectivity index (χ2v) is 8.14. The Bertz CT molecular complexity index is 1110. The number of hydrogen-bond acceptors (Lipinski definition) is 7. The van der Waals surface area contributed by atoms with Crippen LogP contribution in [0.1, 0.15) is 12.8 Å². The van der Waals surface area contributed by atoms with Crippen LogP contribution in [-0.2, 0) is 11.3 Å². The highest BCUT2D eigenvalue weighted by Crippen LogP contribution is 2.33. The first-order valence-corrected chi connectivity index (χ1v) is 10.4. The second-order valence-electron chi connectivity index (χ2n) is 7.74. The minimum absolute atomic E-state index is 0.305. The summed E-state index contributed by atoms with van der Waals surface area (Å²) in [4.78, 5) is 15.2. The summed E-state index contributed by atoms with van der Waals surface area (Å²) in [6.07, 6.45) is 2.44. The van der Waals surface area contributed by atoms with Crippen molar-refractivity contribution < 1.29 is 14.2 Å². The Kier molecular flexibility index (Phi) is 4.96. The minimum atomic E-state index is -0.550. The van der Waals surface area contributed by atoms with Crippen LogP contribution in [-0.4, -0.2) is 63.6 Å². The van der Waals surface area contributed by atoms with Gasteiger partial charge in [0, 0.05) is 32.3 Å². The number of benzene rings is 1. The molecule has 2 aliphatic heterocycles. The fourth-order valence-corrected chi connectivity index (χ4v) is 4.25. The normalized spacial score (nSPS) is 21.7. The molecule has 4 heterocycles. The van der Waals surface area contributed by atoms with E-state index in [2.05, 4.69) is 20.3 Å². The maximum atomic E-state index is 15.0. The molecule has 0 aliphatic carbocycles. The summed E-state index contributed by atoms with van der Waals surface area (Å²) >= 11 is 6.37. The number of aromatic nitrogens is 4. The van der Waals surface area contributed by atoms with Crippen molar-refractivity contribution in [3.8, 4) is 11.3 Å². The molecule has 1 saturated heterocycles. The number of aliphatic hydroxyl groups excluding tert-OH is 1. The van der Waals surface area contributed by atoms with Crippen molar-refractivity contribution in [3.05, 3.63) is 29.2 Å². The van der Waals surface area contributed by atoms with E-state index in [0.29, 0.717) is 52.9 Å². The zero-order valence-electron chi connectivity index (χ0n) is 16.5. The number of imidazole rings is 1. The van der Waals surface area contributed by atoms with Crippen molar-refractivity contribution in [1.29, 1.82) is 0 Å². The lowest BCUT2D eigenvalue weighted by atomic mass is 10.1. The van der Waals surface area contributed by atoms with E-state index in [1.165, 1.54) is 12.3 Å². The van der Waals surface area contributed by atoms with E-state index in [1.807, 2.05) is 22.6 Å². The van der Waals surface area contributed by atoms with Crippen molar-refractivity contribution in [3.63, 3.8) is 0 Å². The minimum Gasteiger partial charge on any atom is -0.391 e. The molecule has 2 N–H and O–H groups in total. The maximum absolute atomic E-state index is 15.0. The van der Waals surface area contributed by atoms with Gasteiger partial charge in [0.2, 0.25) is 11.9 Å². The Balaban J connectivity index is 1.55. The van der Waals surface area contributed by atoms with Crippen LogP contribution in [0.15, 0.2) is 18.3 Å². The SMILES string of the molecule is CN1CCCn2c1nc1c(F)cc(-c3nc(N[C@H]4COCC[C@@H]4O)ncc3Cl)cc12. The molecule has 2 aromatic heterocycles. The van der Waals surface area contributed by atoms with Gasteiger partial charge < -0.3 is 24.6 Å². The number of fused-ring (bicyclic) bond motifs is 3. The molecule has 0 radical (unpaired) electrons. The van der Waals surface area contributed by atoms with Gasteiger partial charge in [0.05, 0.1) is 41.2 Å². The van der Waals surface area contributed by atoms with Crippen LogP contribution in [0.3, 0.4) is 0 Å². The largest absolute Gasteiger partial charge is 0.391 e. The van der Waals surface area contributed by atoms with Gasteiger partial charge in [-0.1, -0.05) is 11.6 Å². The van der Waals surface area contributed by atoms with E-state index in [0.717, 1.165) is 25.5 Å². The van der Waals surface area contributed by atoms with Crippen molar-refractivity contribution in [2.75, 3.05) is 37.0 Å².